The number of phenolic OH excluding ortho intramolecular Hbond substituents is 4. The molecule has 0 fully saturated rings. The summed E-state index contributed by atoms with van der Waals surface area (Å²) in [7, 11) is 0. The number of imide groups is 2. The Morgan fingerprint density at radius 1 is 0.325 bits per heavy atom. The predicted octanol–water partition coefficient (Wildman–Crippen LogP) is 8.83. The van der Waals surface area contributed by atoms with Crippen LogP contribution in [0, 0.1) is 0 Å². The van der Waals surface area contributed by atoms with E-state index in [0.29, 0.717) is 121 Å². The lowest BCUT2D eigenvalue weighted by Gasteiger charge is -2.31. The second-order valence-electron chi connectivity index (χ2n) is 19.7. The first-order chi connectivity index (χ1) is 39.0. The minimum atomic E-state index is -0.410. The molecule has 2 aliphatic rings. The van der Waals surface area contributed by atoms with E-state index in [1.165, 1.54) is 9.80 Å². The van der Waals surface area contributed by atoms with Crippen molar-refractivity contribution in [3.63, 3.8) is 0 Å². The van der Waals surface area contributed by atoms with E-state index in [-0.39, 0.29) is 36.1 Å². The van der Waals surface area contributed by atoms with E-state index in [9.17, 15) is 39.6 Å². The first-order valence-corrected chi connectivity index (χ1v) is 26.5. The third-order valence-corrected chi connectivity index (χ3v) is 14.9. The molecule has 4 amide bonds. The molecular formula is C64H56N8O8. The van der Waals surface area contributed by atoms with Crippen LogP contribution in [0.4, 0.5) is 0 Å². The topological polar surface area (TPSA) is 212 Å². The summed E-state index contributed by atoms with van der Waals surface area (Å²) < 4.78 is 0. The van der Waals surface area contributed by atoms with Gasteiger partial charge in [0.2, 0.25) is 0 Å². The van der Waals surface area contributed by atoms with Crippen molar-refractivity contribution in [2.24, 2.45) is 20.0 Å². The van der Waals surface area contributed by atoms with Crippen LogP contribution in [-0.4, -0.2) is 167 Å². The Morgan fingerprint density at radius 2 is 0.575 bits per heavy atom. The summed E-state index contributed by atoms with van der Waals surface area (Å²) in [5.41, 5.74) is 3.98. The lowest BCUT2D eigenvalue weighted by atomic mass is 9.82. The molecular weight excluding hydrogens is 1010 g/mol. The first-order valence-electron chi connectivity index (χ1n) is 26.5. The third-order valence-electron chi connectivity index (χ3n) is 14.9. The molecule has 0 spiro atoms. The largest absolute Gasteiger partial charge is 0.507 e. The number of hydrogen-bond donors (Lipinski definition) is 4. The van der Waals surface area contributed by atoms with Crippen LogP contribution in [0.1, 0.15) is 63.7 Å². The van der Waals surface area contributed by atoms with Crippen LogP contribution in [-0.2, 0) is 0 Å². The highest BCUT2D eigenvalue weighted by molar-refractivity contribution is 6.41. The van der Waals surface area contributed by atoms with Gasteiger partial charge in [0.15, 0.2) is 0 Å². The molecule has 0 atom stereocenters. The Hall–Kier alpha value is -9.64. The van der Waals surface area contributed by atoms with E-state index in [4.69, 9.17) is 0 Å². The van der Waals surface area contributed by atoms with E-state index >= 15 is 0 Å². The summed E-state index contributed by atoms with van der Waals surface area (Å²) in [6.45, 7) is 4.32. The molecule has 0 saturated carbocycles. The molecule has 9 aromatic carbocycles. The normalized spacial score (nSPS) is 13.9. The minimum absolute atomic E-state index is 0.101. The molecule has 80 heavy (non-hydrogen) atoms. The Morgan fingerprint density at radius 3 is 0.825 bits per heavy atom. The van der Waals surface area contributed by atoms with Crippen molar-refractivity contribution < 1.29 is 39.6 Å². The minimum Gasteiger partial charge on any atom is -0.507 e. The maximum Gasteiger partial charge on any atom is 0.261 e. The maximum absolute atomic E-state index is 14.6. The van der Waals surface area contributed by atoms with Crippen molar-refractivity contribution in [1.29, 1.82) is 0 Å². The molecule has 0 unspecified atom stereocenters. The zero-order valence-corrected chi connectivity index (χ0v) is 43.7. The van der Waals surface area contributed by atoms with Gasteiger partial charge in [-0.1, -0.05) is 72.8 Å². The molecule has 0 bridgehead atoms. The fraction of sp³-hybridized carbons (Fsp3) is 0.188. The van der Waals surface area contributed by atoms with Gasteiger partial charge in [0, 0.05) is 132 Å². The Bertz CT molecular complexity index is 3510. The number of benzene rings is 9. The SMILES string of the molecule is O=C1c2ccc3c4ccc5c6c(ccc(c7ccc(c2c37)C(=O)N1CCN(CCN=Cc1ccccc1O)CCN=Cc1ccccc1O)c64)C(=O)N(CCN(CCN=Cc1ccccc1O)CCN=Cc1ccccc1O)C5=O. The first kappa shape index (κ1) is 52.4. The quantitative estimate of drug-likeness (QED) is 0.0219. The van der Waals surface area contributed by atoms with Gasteiger partial charge in [0.25, 0.3) is 23.6 Å². The van der Waals surface area contributed by atoms with E-state index in [0.717, 1.165) is 32.3 Å². The zero-order chi connectivity index (χ0) is 55.3. The van der Waals surface area contributed by atoms with Crippen LogP contribution in [0.3, 0.4) is 0 Å². The number of para-hydroxylation sites is 4. The van der Waals surface area contributed by atoms with Crippen molar-refractivity contribution in [3.05, 3.63) is 190 Å². The van der Waals surface area contributed by atoms with E-state index in [1.54, 1.807) is 122 Å². The van der Waals surface area contributed by atoms with Crippen LogP contribution in [0.15, 0.2) is 166 Å². The van der Waals surface area contributed by atoms with Crippen molar-refractivity contribution in [1.82, 2.24) is 19.6 Å². The van der Waals surface area contributed by atoms with Crippen LogP contribution in [0.25, 0.3) is 43.1 Å². The number of aromatic hydroxyl groups is 4. The van der Waals surface area contributed by atoms with Crippen LogP contribution in [0.2, 0.25) is 0 Å². The summed E-state index contributed by atoms with van der Waals surface area (Å²) in [6, 6.07) is 42.4. The number of nitrogens with zero attached hydrogens (tertiary/aromatic N) is 8. The van der Waals surface area contributed by atoms with Crippen LogP contribution >= 0.6 is 0 Å². The standard InChI is InChI=1S/C64H56N8O8/c73-53-13-5-1-9-41(53)37-65-25-29-69(30-26-66-38-42-10-2-6-14-54(42)74)33-35-71-61(77)49-21-17-45-47-19-23-51-60-52(24-20-48(58(47)60)46-18-22-50(62(71)78)59(49)57(45)46)64(80)72(63(51)79)36-34-70(31-27-67-39-43-11-3-7-15-55(43)75)32-28-68-40-44-12-4-8-16-56(44)76/h1-24,37-40,73-76H,25-36H2. The molecule has 11 rings (SSSR count). The zero-order valence-electron chi connectivity index (χ0n) is 43.7. The summed E-state index contributed by atoms with van der Waals surface area (Å²) >= 11 is 0. The molecule has 0 aliphatic carbocycles. The Labute approximate surface area is 460 Å². The van der Waals surface area contributed by atoms with Gasteiger partial charge in [-0.25, -0.2) is 0 Å². The molecule has 4 N–H and O–H groups in total. The van der Waals surface area contributed by atoms with Gasteiger partial charge in [-0.3, -0.25) is 58.7 Å². The monoisotopic (exact) mass is 1060 g/mol. The molecule has 0 radical (unpaired) electrons. The molecule has 0 saturated heterocycles. The molecule has 2 aliphatic heterocycles. The predicted molar refractivity (Wildman–Crippen MR) is 314 cm³/mol. The number of aliphatic imine (C=N–C) groups is 4. The number of fused-ring (bicyclic) bond motifs is 2. The van der Waals surface area contributed by atoms with Gasteiger partial charge >= 0.3 is 0 Å². The molecule has 16 heteroatoms. The summed E-state index contributed by atoms with van der Waals surface area (Å²) in [5.74, 6) is -1.14. The smallest absolute Gasteiger partial charge is 0.261 e. The van der Waals surface area contributed by atoms with Crippen molar-refractivity contribution in [3.8, 4) is 23.0 Å². The highest BCUT2D eigenvalue weighted by Crippen LogP contribution is 2.46. The molecule has 9 aromatic rings. The highest BCUT2D eigenvalue weighted by Gasteiger charge is 2.37. The fourth-order valence-electron chi connectivity index (χ4n) is 10.8. The second kappa shape index (κ2) is 23.1. The van der Waals surface area contributed by atoms with E-state index < -0.39 is 23.6 Å². The summed E-state index contributed by atoms with van der Waals surface area (Å²) in [6.07, 6.45) is 6.48. The van der Waals surface area contributed by atoms with Gasteiger partial charge in [0.05, 0.1) is 26.2 Å². The number of carbonyl (C=O) groups excluding carboxylic acids is 4. The lowest BCUT2D eigenvalue weighted by Crippen LogP contribution is -2.45. The van der Waals surface area contributed by atoms with Crippen molar-refractivity contribution in [2.45, 2.75) is 0 Å². The van der Waals surface area contributed by atoms with E-state index in [1.807, 2.05) is 48.5 Å². The number of rotatable bonds is 22. The van der Waals surface area contributed by atoms with Gasteiger partial charge < -0.3 is 20.4 Å². The van der Waals surface area contributed by atoms with Crippen LogP contribution < -0.4 is 0 Å². The maximum atomic E-state index is 14.6. The number of phenols is 4. The summed E-state index contributed by atoms with van der Waals surface area (Å²) in [4.78, 5) is 83.2. The number of carbonyl (C=O) groups is 4. The van der Waals surface area contributed by atoms with Gasteiger partial charge in [-0.2, -0.15) is 0 Å². The summed E-state index contributed by atoms with van der Waals surface area (Å²) in [5, 5.41) is 46.8. The fourth-order valence-corrected chi connectivity index (χ4v) is 10.8. The van der Waals surface area contributed by atoms with Crippen LogP contribution in [0.5, 0.6) is 23.0 Å². The number of amides is 4. The van der Waals surface area contributed by atoms with Gasteiger partial charge in [-0.05, 0) is 105 Å². The van der Waals surface area contributed by atoms with E-state index in [2.05, 4.69) is 29.8 Å². The Balaban J connectivity index is 0.826. The second-order valence-corrected chi connectivity index (χ2v) is 19.7. The third kappa shape index (κ3) is 10.4. The average molecular weight is 1070 g/mol. The highest BCUT2D eigenvalue weighted by atomic mass is 16.3. The molecule has 0 aromatic heterocycles. The molecule has 16 nitrogen and oxygen atoms in total. The van der Waals surface area contributed by atoms with Crippen molar-refractivity contribution >= 4 is 91.6 Å². The number of hydrogen-bond acceptors (Lipinski definition) is 14. The average Bonchev–Trinajstić information content (AvgIpc) is 3.64. The van der Waals surface area contributed by atoms with Gasteiger partial charge in [0.1, 0.15) is 23.0 Å². The molecule has 400 valence electrons. The van der Waals surface area contributed by atoms with Gasteiger partial charge in [-0.15, -0.1) is 0 Å². The Kier molecular flexibility index (Phi) is 15.2. The molecule has 2 heterocycles. The van der Waals surface area contributed by atoms with Crippen molar-refractivity contribution in [2.75, 3.05) is 78.5 Å². The lowest BCUT2D eigenvalue weighted by molar-refractivity contribution is 0.0578.